The number of hydrogen-bond acceptors (Lipinski definition) is 0. The van der Waals surface area contributed by atoms with Gasteiger partial charge in [0.1, 0.15) is 11.6 Å². The summed E-state index contributed by atoms with van der Waals surface area (Å²) in [5.74, 6) is -1.06. The van der Waals surface area contributed by atoms with E-state index >= 15 is 0 Å². The highest BCUT2D eigenvalue weighted by atomic mass is 79.9. The van der Waals surface area contributed by atoms with E-state index in [0.717, 1.165) is 6.07 Å². The molecule has 80 valence electrons. The van der Waals surface area contributed by atoms with E-state index in [0.29, 0.717) is 10.9 Å². The molecule has 0 aromatic heterocycles. The molecule has 1 rings (SSSR count). The first kappa shape index (κ1) is 14.0. The molecule has 0 saturated carbocycles. The van der Waals surface area contributed by atoms with Crippen LogP contribution in [0.4, 0.5) is 8.78 Å². The quantitative estimate of drug-likeness (QED) is 0.541. The molecule has 0 aliphatic rings. The first-order valence-corrected chi connectivity index (χ1v) is 5.90. The molecule has 0 spiro atoms. The van der Waals surface area contributed by atoms with Gasteiger partial charge < -0.3 is 0 Å². The Balaban J connectivity index is 0.000000791. The zero-order valence-corrected chi connectivity index (χ0v) is 11.2. The van der Waals surface area contributed by atoms with Crippen molar-refractivity contribution in [3.05, 3.63) is 29.3 Å². The summed E-state index contributed by atoms with van der Waals surface area (Å²) >= 11 is 3.23. The molecule has 0 aliphatic carbocycles. The van der Waals surface area contributed by atoms with Gasteiger partial charge in [0.25, 0.3) is 0 Å². The summed E-state index contributed by atoms with van der Waals surface area (Å²) in [6, 6.07) is 2.18. The van der Waals surface area contributed by atoms with Crippen LogP contribution < -0.4 is 5.30 Å². The van der Waals surface area contributed by atoms with Gasteiger partial charge in [-0.15, -0.1) is 9.24 Å². The van der Waals surface area contributed by atoms with Crippen molar-refractivity contribution in [3.63, 3.8) is 0 Å². The molecule has 0 nitrogen and oxygen atoms in total. The van der Waals surface area contributed by atoms with Gasteiger partial charge in [-0.2, -0.15) is 0 Å². The van der Waals surface area contributed by atoms with Crippen molar-refractivity contribution < 1.29 is 8.78 Å². The van der Waals surface area contributed by atoms with Crippen LogP contribution in [0.3, 0.4) is 0 Å². The van der Waals surface area contributed by atoms with Gasteiger partial charge >= 0.3 is 0 Å². The molecule has 0 N–H and O–H groups in total. The second-order valence-electron chi connectivity index (χ2n) is 2.51. The maximum Gasteiger partial charge on any atom is 0.131 e. The molecule has 4 heteroatoms. The molecule has 0 saturated heterocycles. The molecular formula is C10H14BrF2P. The summed E-state index contributed by atoms with van der Waals surface area (Å²) in [4.78, 5) is -0.106. The lowest BCUT2D eigenvalue weighted by Crippen LogP contribution is -2.06. The van der Waals surface area contributed by atoms with Crippen LogP contribution in [0.15, 0.2) is 12.1 Å². The maximum absolute atomic E-state index is 13.1. The Morgan fingerprint density at radius 2 is 1.79 bits per heavy atom. The van der Waals surface area contributed by atoms with Crippen LogP contribution in [0, 0.1) is 11.6 Å². The third kappa shape index (κ3) is 3.62. The second-order valence-corrected chi connectivity index (χ2v) is 4.50. The number of rotatable bonds is 1. The zero-order valence-electron chi connectivity index (χ0n) is 8.44. The van der Waals surface area contributed by atoms with Crippen LogP contribution in [0.1, 0.15) is 31.2 Å². The van der Waals surface area contributed by atoms with Crippen LogP contribution in [-0.4, -0.2) is 0 Å². The van der Waals surface area contributed by atoms with Gasteiger partial charge in [-0.05, 0) is 18.3 Å². The van der Waals surface area contributed by atoms with E-state index in [1.54, 1.807) is 6.92 Å². The molecule has 0 bridgehead atoms. The van der Waals surface area contributed by atoms with Gasteiger partial charge in [-0.1, -0.05) is 29.8 Å². The van der Waals surface area contributed by atoms with Crippen LogP contribution in [0.25, 0.3) is 0 Å². The van der Waals surface area contributed by atoms with Crippen molar-refractivity contribution >= 4 is 30.5 Å². The van der Waals surface area contributed by atoms with Crippen molar-refractivity contribution in [2.45, 2.75) is 25.6 Å². The first-order valence-electron chi connectivity index (χ1n) is 4.41. The molecule has 14 heavy (non-hydrogen) atoms. The molecule has 0 heterocycles. The lowest BCUT2D eigenvalue weighted by Gasteiger charge is -2.08. The van der Waals surface area contributed by atoms with Crippen molar-refractivity contribution in [1.82, 2.24) is 0 Å². The summed E-state index contributed by atoms with van der Waals surface area (Å²) in [6.07, 6.45) is 0. The third-order valence-corrected chi connectivity index (χ3v) is 2.46. The molecule has 0 amide bonds. The SMILES string of the molecule is CC.CC(Br)c1c(F)cc(F)cc1P. The van der Waals surface area contributed by atoms with E-state index in [1.807, 2.05) is 13.8 Å². The average molecular weight is 283 g/mol. The average Bonchev–Trinajstić information content (AvgIpc) is 2.04. The van der Waals surface area contributed by atoms with Crippen LogP contribution in [-0.2, 0) is 0 Å². The Hall–Kier alpha value is -0.0100. The van der Waals surface area contributed by atoms with E-state index in [1.165, 1.54) is 6.07 Å². The monoisotopic (exact) mass is 282 g/mol. The fraction of sp³-hybridized carbons (Fsp3) is 0.400. The van der Waals surface area contributed by atoms with Crippen molar-refractivity contribution in [1.29, 1.82) is 0 Å². The van der Waals surface area contributed by atoms with Crippen molar-refractivity contribution in [2.75, 3.05) is 0 Å². The first-order chi connectivity index (χ1) is 6.52. The van der Waals surface area contributed by atoms with E-state index in [-0.39, 0.29) is 4.83 Å². The lowest BCUT2D eigenvalue weighted by atomic mass is 10.1. The zero-order chi connectivity index (χ0) is 11.3. The molecule has 1 aromatic rings. The van der Waals surface area contributed by atoms with Gasteiger partial charge in [-0.25, -0.2) is 8.78 Å². The van der Waals surface area contributed by atoms with Gasteiger partial charge in [0, 0.05) is 16.5 Å². The van der Waals surface area contributed by atoms with E-state index in [2.05, 4.69) is 25.2 Å². The fourth-order valence-corrected chi connectivity index (χ4v) is 2.30. The Morgan fingerprint density at radius 1 is 1.29 bits per heavy atom. The van der Waals surface area contributed by atoms with Gasteiger partial charge in [0.15, 0.2) is 0 Å². The number of alkyl halides is 1. The Bertz CT molecular complexity index is 277. The summed E-state index contributed by atoms with van der Waals surface area (Å²) in [7, 11) is 2.31. The molecule has 0 aliphatic heterocycles. The summed E-state index contributed by atoms with van der Waals surface area (Å²) < 4.78 is 25.7. The highest BCUT2D eigenvalue weighted by Crippen LogP contribution is 2.24. The molecule has 0 fully saturated rings. The van der Waals surface area contributed by atoms with E-state index in [4.69, 9.17) is 0 Å². The predicted octanol–water partition coefficient (Wildman–Crippen LogP) is 3.95. The highest BCUT2D eigenvalue weighted by Gasteiger charge is 2.12. The summed E-state index contributed by atoms with van der Waals surface area (Å²) in [5.41, 5.74) is 0.487. The molecule has 0 radical (unpaired) electrons. The van der Waals surface area contributed by atoms with Gasteiger partial charge in [0.2, 0.25) is 0 Å². The van der Waals surface area contributed by atoms with Crippen LogP contribution in [0.5, 0.6) is 0 Å². The fourth-order valence-electron chi connectivity index (χ4n) is 1.02. The normalized spacial score (nSPS) is 11.6. The summed E-state index contributed by atoms with van der Waals surface area (Å²) in [6.45, 7) is 5.80. The Morgan fingerprint density at radius 3 is 2.14 bits per heavy atom. The molecular weight excluding hydrogens is 269 g/mol. The van der Waals surface area contributed by atoms with Crippen molar-refractivity contribution in [3.8, 4) is 0 Å². The summed E-state index contributed by atoms with van der Waals surface area (Å²) in [5, 5.41) is 0.553. The Kier molecular flexibility index (Phi) is 6.46. The second kappa shape index (κ2) is 6.47. The predicted molar refractivity (Wildman–Crippen MR) is 64.4 cm³/mol. The maximum atomic E-state index is 13.1. The third-order valence-electron chi connectivity index (χ3n) is 1.52. The Labute approximate surface area is 94.4 Å². The minimum atomic E-state index is -0.547. The van der Waals surface area contributed by atoms with Crippen LogP contribution >= 0.6 is 25.2 Å². The molecule has 2 atom stereocenters. The topological polar surface area (TPSA) is 0 Å². The number of benzene rings is 1. The van der Waals surface area contributed by atoms with Gasteiger partial charge in [0.05, 0.1) is 0 Å². The van der Waals surface area contributed by atoms with Crippen molar-refractivity contribution in [2.24, 2.45) is 0 Å². The van der Waals surface area contributed by atoms with E-state index < -0.39 is 11.6 Å². The lowest BCUT2D eigenvalue weighted by molar-refractivity contribution is 0.576. The minimum Gasteiger partial charge on any atom is -0.207 e. The number of hydrogen-bond donors (Lipinski definition) is 0. The van der Waals surface area contributed by atoms with Crippen LogP contribution in [0.2, 0.25) is 0 Å². The standard InChI is InChI=1S/C8H8BrF2P.C2H6/c1-4(9)8-6(11)2-5(10)3-7(8)12;1-2/h2-4H,12H2,1H3;1-2H3. The molecule has 2 unspecified atom stereocenters. The molecule has 1 aromatic carbocycles. The minimum absolute atomic E-state index is 0.106. The highest BCUT2D eigenvalue weighted by molar-refractivity contribution is 9.09. The smallest absolute Gasteiger partial charge is 0.131 e. The van der Waals surface area contributed by atoms with E-state index in [9.17, 15) is 8.78 Å². The number of halogens is 3. The largest absolute Gasteiger partial charge is 0.207 e. The van der Waals surface area contributed by atoms with Gasteiger partial charge in [-0.3, -0.25) is 0 Å².